The lowest BCUT2D eigenvalue weighted by atomic mass is 9.67. The van der Waals surface area contributed by atoms with Gasteiger partial charge in [-0.05, 0) is 75.8 Å². The highest BCUT2D eigenvalue weighted by molar-refractivity contribution is 6.44. The molecular weight excluding hydrogens is 594 g/mol. The quantitative estimate of drug-likeness (QED) is 0.0982. The Morgan fingerprint density at radius 2 is 1.93 bits per heavy atom. The van der Waals surface area contributed by atoms with Crippen molar-refractivity contribution in [2.24, 2.45) is 10.4 Å². The Hall–Kier alpha value is -3.67. The number of Topliss-reactive ketones (excluding diaryl/α,β-unsaturated/α-hetero) is 1. The first-order valence-corrected chi connectivity index (χ1v) is 15.8. The molecule has 0 saturated heterocycles. The maximum absolute atomic E-state index is 14.0. The van der Waals surface area contributed by atoms with Crippen LogP contribution in [0.15, 0.2) is 46.9 Å². The number of halogens is 3. The van der Waals surface area contributed by atoms with Gasteiger partial charge < -0.3 is 15.7 Å². The van der Waals surface area contributed by atoms with Gasteiger partial charge in [-0.1, -0.05) is 51.3 Å². The number of nitrogens with one attached hydrogen (secondary N) is 2. The molecule has 3 rings (SSSR count). The fraction of sp³-hybridized carbons (Fsp3) is 0.529. The fourth-order valence-corrected chi connectivity index (χ4v) is 5.36. The summed E-state index contributed by atoms with van der Waals surface area (Å²) in [6.07, 6.45) is 4.76. The van der Waals surface area contributed by atoms with Crippen LogP contribution in [-0.2, 0) is 6.42 Å². The number of rotatable bonds is 12. The number of carbonyl (C=O) groups is 2. The van der Waals surface area contributed by atoms with Crippen LogP contribution in [0.1, 0.15) is 97.9 Å². The standard InChI is InChI=1S/C34H46BF3N5O3/c1-21-18-24(44)20-25(29(45)14-16-33(3,4)5)30(21)41-32(46)28-19-23(15-17-40-31(22(2)39-7)34(36,37)38)42-43(28)27-13-11-9-8-10-12-26(27)35-6/h8,10,12,18-20,22,27,39,44H,9,11,13-17H2,1-7H3,(H,41,46). The molecular formula is C34H46BF3N5O3. The molecule has 0 saturated carbocycles. The van der Waals surface area contributed by atoms with Gasteiger partial charge in [-0.25, -0.2) is 0 Å². The Morgan fingerprint density at radius 1 is 1.22 bits per heavy atom. The highest BCUT2D eigenvalue weighted by atomic mass is 19.4. The summed E-state index contributed by atoms with van der Waals surface area (Å²) in [5.74, 6) is -0.803. The molecule has 1 aromatic heterocycles. The summed E-state index contributed by atoms with van der Waals surface area (Å²) < 4.78 is 42.5. The van der Waals surface area contributed by atoms with E-state index in [1.165, 1.54) is 26.1 Å². The van der Waals surface area contributed by atoms with Crippen molar-refractivity contribution < 1.29 is 27.9 Å². The van der Waals surface area contributed by atoms with E-state index in [0.29, 0.717) is 29.8 Å². The van der Waals surface area contributed by atoms with Crippen LogP contribution in [0.2, 0.25) is 6.82 Å². The number of anilines is 1. The number of nitrogens with zero attached hydrogens (tertiary/aromatic N) is 3. The van der Waals surface area contributed by atoms with E-state index in [1.807, 2.05) is 47.0 Å². The predicted molar refractivity (Wildman–Crippen MR) is 178 cm³/mol. The summed E-state index contributed by atoms with van der Waals surface area (Å²) in [5, 5.41) is 20.6. The maximum atomic E-state index is 14.0. The highest BCUT2D eigenvalue weighted by Gasteiger charge is 2.38. The second-order valence-electron chi connectivity index (χ2n) is 12.9. The van der Waals surface area contributed by atoms with E-state index in [1.54, 1.807) is 17.7 Å². The second kappa shape index (κ2) is 15.8. The van der Waals surface area contributed by atoms with Crippen LogP contribution in [0.5, 0.6) is 5.75 Å². The van der Waals surface area contributed by atoms with E-state index in [4.69, 9.17) is 5.10 Å². The van der Waals surface area contributed by atoms with Gasteiger partial charge in [-0.15, -0.1) is 0 Å². The molecule has 0 bridgehead atoms. The van der Waals surface area contributed by atoms with E-state index in [9.17, 15) is 27.9 Å². The number of amides is 1. The maximum Gasteiger partial charge on any atom is 0.430 e. The minimum absolute atomic E-state index is 0.0795. The summed E-state index contributed by atoms with van der Waals surface area (Å²) in [5.41, 5.74) is 1.62. The Kier molecular flexibility index (Phi) is 12.6. The summed E-state index contributed by atoms with van der Waals surface area (Å²) in [7, 11) is 3.40. The molecule has 2 atom stereocenters. The van der Waals surface area contributed by atoms with Crippen molar-refractivity contribution in [1.29, 1.82) is 0 Å². The van der Waals surface area contributed by atoms with Crippen molar-refractivity contribution in [2.45, 2.75) is 98.2 Å². The zero-order valence-corrected chi connectivity index (χ0v) is 27.9. The number of hydrogen-bond acceptors (Lipinski definition) is 6. The average molecular weight is 641 g/mol. The van der Waals surface area contributed by atoms with Crippen molar-refractivity contribution in [3.63, 3.8) is 0 Å². The van der Waals surface area contributed by atoms with Crippen molar-refractivity contribution in [3.05, 3.63) is 64.4 Å². The Morgan fingerprint density at radius 3 is 2.57 bits per heavy atom. The molecule has 0 aliphatic heterocycles. The number of hydrogen-bond donors (Lipinski definition) is 3. The van der Waals surface area contributed by atoms with Crippen molar-refractivity contribution in [1.82, 2.24) is 15.1 Å². The summed E-state index contributed by atoms with van der Waals surface area (Å²) >= 11 is 0. The minimum Gasteiger partial charge on any atom is -0.508 e. The van der Waals surface area contributed by atoms with Gasteiger partial charge in [-0.2, -0.15) is 18.3 Å². The lowest BCUT2D eigenvalue weighted by molar-refractivity contribution is -0.0616. The molecule has 1 aromatic carbocycles. The summed E-state index contributed by atoms with van der Waals surface area (Å²) in [4.78, 5) is 31.2. The molecule has 46 heavy (non-hydrogen) atoms. The minimum atomic E-state index is -4.58. The molecule has 1 heterocycles. The van der Waals surface area contributed by atoms with Crippen LogP contribution in [-0.4, -0.2) is 65.4 Å². The van der Waals surface area contributed by atoms with Gasteiger partial charge in [0.25, 0.3) is 5.91 Å². The van der Waals surface area contributed by atoms with Gasteiger partial charge in [-0.3, -0.25) is 19.3 Å². The van der Waals surface area contributed by atoms with Gasteiger partial charge >= 0.3 is 6.18 Å². The third kappa shape index (κ3) is 9.92. The van der Waals surface area contributed by atoms with Gasteiger partial charge in [0.2, 0.25) is 0 Å². The van der Waals surface area contributed by atoms with Gasteiger partial charge in [0, 0.05) is 24.9 Å². The molecule has 1 amide bonds. The molecule has 249 valence electrons. The smallest absolute Gasteiger partial charge is 0.430 e. The summed E-state index contributed by atoms with van der Waals surface area (Å²) in [6, 6.07) is 3.15. The number of aliphatic imine (C=N–C) groups is 1. The number of phenolic OH excluding ortho intramolecular Hbond substituents is 1. The largest absolute Gasteiger partial charge is 0.508 e. The normalized spacial score (nSPS) is 16.8. The van der Waals surface area contributed by atoms with E-state index < -0.39 is 23.8 Å². The molecule has 2 aromatic rings. The molecule has 12 heteroatoms. The number of alkyl halides is 3. The molecule has 8 nitrogen and oxygen atoms in total. The lowest BCUT2D eigenvalue weighted by Gasteiger charge is -2.24. The topological polar surface area (TPSA) is 109 Å². The predicted octanol–water partition coefficient (Wildman–Crippen LogP) is 7.23. The van der Waals surface area contributed by atoms with Crippen LogP contribution < -0.4 is 10.6 Å². The van der Waals surface area contributed by atoms with E-state index in [-0.39, 0.29) is 53.6 Å². The number of phenols is 1. The SMILES string of the molecule is C[B]C1=CC=CCCCC1n1nc(CCN=C(C(C)NC)C(F)(F)F)cc1C(=O)Nc1c(C)cc(O)cc1C(=O)CCC(C)(C)C. The number of aromatic hydroxyl groups is 1. The Bertz CT molecular complexity index is 1490. The zero-order valence-electron chi connectivity index (χ0n) is 27.9. The van der Waals surface area contributed by atoms with Gasteiger partial charge in [0.15, 0.2) is 5.78 Å². The van der Waals surface area contributed by atoms with Gasteiger partial charge in [0.1, 0.15) is 24.4 Å². The Balaban J connectivity index is 2.04. The molecule has 1 radical (unpaired) electrons. The molecule has 3 N–H and O–H groups in total. The first-order chi connectivity index (χ1) is 21.6. The third-order valence-electron chi connectivity index (χ3n) is 8.05. The average Bonchev–Trinajstić information content (AvgIpc) is 3.37. The first kappa shape index (κ1) is 36.8. The molecule has 0 fully saturated rings. The number of aryl methyl sites for hydroxylation is 1. The number of allylic oxidation sites excluding steroid dienone is 4. The number of benzene rings is 1. The van der Waals surface area contributed by atoms with Crippen LogP contribution in [0.4, 0.5) is 18.9 Å². The zero-order chi connectivity index (χ0) is 34.2. The molecule has 1 aliphatic rings. The number of aromatic nitrogens is 2. The lowest BCUT2D eigenvalue weighted by Crippen LogP contribution is -2.40. The molecule has 0 spiro atoms. The van der Waals surface area contributed by atoms with Gasteiger partial charge in [0.05, 0.1) is 23.5 Å². The third-order valence-corrected chi connectivity index (χ3v) is 8.05. The van der Waals surface area contributed by atoms with Crippen LogP contribution in [0.3, 0.4) is 0 Å². The summed E-state index contributed by atoms with van der Waals surface area (Å²) in [6.45, 7) is 10.9. The van der Waals surface area contributed by atoms with E-state index in [0.717, 1.165) is 18.3 Å². The van der Waals surface area contributed by atoms with Crippen molar-refractivity contribution in [3.8, 4) is 5.75 Å². The van der Waals surface area contributed by atoms with Crippen LogP contribution in [0.25, 0.3) is 0 Å². The molecule has 2 unspecified atom stereocenters. The van der Waals surface area contributed by atoms with Crippen molar-refractivity contribution in [2.75, 3.05) is 18.9 Å². The monoisotopic (exact) mass is 640 g/mol. The van der Waals surface area contributed by atoms with Crippen LogP contribution in [0, 0.1) is 12.3 Å². The number of carbonyl (C=O) groups excluding carboxylic acids is 2. The molecule has 1 aliphatic carbocycles. The van der Waals surface area contributed by atoms with E-state index in [2.05, 4.69) is 21.7 Å². The van der Waals surface area contributed by atoms with Crippen LogP contribution >= 0.6 is 0 Å². The van der Waals surface area contributed by atoms with E-state index >= 15 is 0 Å². The number of ketones is 1. The fourth-order valence-electron chi connectivity index (χ4n) is 5.36. The Labute approximate surface area is 270 Å². The van der Waals surface area contributed by atoms with Crippen molar-refractivity contribution >= 4 is 30.4 Å². The first-order valence-electron chi connectivity index (χ1n) is 15.8. The highest BCUT2D eigenvalue weighted by Crippen LogP contribution is 2.32. The second-order valence-corrected chi connectivity index (χ2v) is 12.9.